The summed E-state index contributed by atoms with van der Waals surface area (Å²) in [5.74, 6) is 0.895. The maximum atomic E-state index is 11.6. The number of carbonyl (C=O) groups is 1. The van der Waals surface area contributed by atoms with Gasteiger partial charge in [-0.15, -0.1) is 0 Å². The highest BCUT2D eigenvalue weighted by Crippen LogP contribution is 2.31. The van der Waals surface area contributed by atoms with Gasteiger partial charge in [0.1, 0.15) is 5.78 Å². The first-order valence-corrected chi connectivity index (χ1v) is 7.39. The number of carbonyl (C=O) groups excluding carboxylic acids is 1. The maximum Gasteiger partial charge on any atom is 0.135 e. The maximum absolute atomic E-state index is 11.6. The minimum absolute atomic E-state index is 0.418. The van der Waals surface area contributed by atoms with Crippen LogP contribution in [0.15, 0.2) is 12.3 Å². The van der Waals surface area contributed by atoms with Crippen LogP contribution in [0.4, 0.5) is 0 Å². The summed E-state index contributed by atoms with van der Waals surface area (Å²) in [4.78, 5) is 11.6. The average Bonchev–Trinajstić information content (AvgIpc) is 2.90. The van der Waals surface area contributed by atoms with E-state index in [1.54, 1.807) is 0 Å². The lowest BCUT2D eigenvalue weighted by atomic mass is 10.1. The zero-order valence-electron chi connectivity index (χ0n) is 11.0. The van der Waals surface area contributed by atoms with Gasteiger partial charge in [-0.1, -0.05) is 12.8 Å². The lowest BCUT2D eigenvalue weighted by Crippen LogP contribution is -2.06. The summed E-state index contributed by atoms with van der Waals surface area (Å²) in [5.41, 5.74) is 1.16. The molecule has 0 spiro atoms. The Kier molecular flexibility index (Phi) is 3.48. The third kappa shape index (κ3) is 2.82. The number of aromatic nitrogens is 2. The standard InChI is InChI=1S/C15H22N2O/c18-15(12-8-9-12)7-3-4-13-10-11-17(16-13)14-5-1-2-6-14/h10-12,14H,1-9H2. The molecule has 1 aromatic heterocycles. The predicted octanol–water partition coefficient (Wildman–Crippen LogP) is 3.30. The van der Waals surface area contributed by atoms with Gasteiger partial charge in [-0.05, 0) is 44.6 Å². The fraction of sp³-hybridized carbons (Fsp3) is 0.733. The second-order valence-corrected chi connectivity index (χ2v) is 5.82. The molecule has 98 valence electrons. The Bertz CT molecular complexity index is 414. The first-order chi connectivity index (χ1) is 8.83. The van der Waals surface area contributed by atoms with Crippen LogP contribution in [0, 0.1) is 5.92 Å². The Balaban J connectivity index is 1.45. The van der Waals surface area contributed by atoms with Gasteiger partial charge >= 0.3 is 0 Å². The first-order valence-electron chi connectivity index (χ1n) is 7.39. The van der Waals surface area contributed by atoms with Crippen LogP contribution in [-0.2, 0) is 11.2 Å². The molecule has 0 N–H and O–H groups in total. The fourth-order valence-corrected chi connectivity index (χ4v) is 2.94. The fourth-order valence-electron chi connectivity index (χ4n) is 2.94. The number of hydrogen-bond donors (Lipinski definition) is 0. The summed E-state index contributed by atoms with van der Waals surface area (Å²) in [5, 5.41) is 4.65. The van der Waals surface area contributed by atoms with E-state index < -0.39 is 0 Å². The van der Waals surface area contributed by atoms with Crippen molar-refractivity contribution < 1.29 is 4.79 Å². The molecule has 3 heteroatoms. The van der Waals surface area contributed by atoms with Crippen molar-refractivity contribution in [1.29, 1.82) is 0 Å². The second-order valence-electron chi connectivity index (χ2n) is 5.82. The molecule has 3 rings (SSSR count). The van der Waals surface area contributed by atoms with Gasteiger partial charge in [-0.25, -0.2) is 0 Å². The quantitative estimate of drug-likeness (QED) is 0.772. The van der Waals surface area contributed by atoms with Gasteiger partial charge in [0.05, 0.1) is 11.7 Å². The van der Waals surface area contributed by atoms with Crippen molar-refractivity contribution in [2.75, 3.05) is 0 Å². The molecule has 0 aliphatic heterocycles. The summed E-state index contributed by atoms with van der Waals surface area (Å²) in [6, 6.07) is 2.76. The summed E-state index contributed by atoms with van der Waals surface area (Å²) < 4.78 is 2.14. The van der Waals surface area contributed by atoms with E-state index >= 15 is 0 Å². The third-order valence-corrected chi connectivity index (χ3v) is 4.25. The van der Waals surface area contributed by atoms with Crippen molar-refractivity contribution >= 4 is 5.78 Å². The van der Waals surface area contributed by atoms with E-state index in [9.17, 15) is 4.79 Å². The van der Waals surface area contributed by atoms with Crippen LogP contribution in [0.3, 0.4) is 0 Å². The molecule has 3 nitrogen and oxygen atoms in total. The SMILES string of the molecule is O=C(CCCc1ccn(C2CCCC2)n1)C1CC1. The third-order valence-electron chi connectivity index (χ3n) is 4.25. The molecule has 0 bridgehead atoms. The molecular weight excluding hydrogens is 224 g/mol. The van der Waals surface area contributed by atoms with E-state index in [-0.39, 0.29) is 0 Å². The van der Waals surface area contributed by atoms with Crippen LogP contribution in [0.25, 0.3) is 0 Å². The zero-order chi connectivity index (χ0) is 12.4. The minimum Gasteiger partial charge on any atom is -0.299 e. The number of rotatable bonds is 6. The van der Waals surface area contributed by atoms with Crippen molar-refractivity contribution in [3.8, 4) is 0 Å². The highest BCUT2D eigenvalue weighted by atomic mass is 16.1. The van der Waals surface area contributed by atoms with Crippen LogP contribution in [0.5, 0.6) is 0 Å². The molecule has 0 amide bonds. The summed E-state index contributed by atoms with van der Waals surface area (Å²) in [6.07, 6.45) is 12.3. The van der Waals surface area contributed by atoms with Gasteiger partial charge in [0.15, 0.2) is 0 Å². The van der Waals surface area contributed by atoms with Crippen molar-refractivity contribution in [1.82, 2.24) is 9.78 Å². The minimum atomic E-state index is 0.418. The van der Waals surface area contributed by atoms with E-state index in [1.807, 2.05) is 0 Å². The Morgan fingerprint density at radius 2 is 2.06 bits per heavy atom. The van der Waals surface area contributed by atoms with E-state index in [4.69, 9.17) is 0 Å². The average molecular weight is 246 g/mol. The van der Waals surface area contributed by atoms with Crippen LogP contribution < -0.4 is 0 Å². The molecule has 0 atom stereocenters. The van der Waals surface area contributed by atoms with Crippen LogP contribution in [0.1, 0.15) is 63.1 Å². The summed E-state index contributed by atoms with van der Waals surface area (Å²) in [6.45, 7) is 0. The monoisotopic (exact) mass is 246 g/mol. The Morgan fingerprint density at radius 3 is 2.78 bits per heavy atom. The first kappa shape index (κ1) is 11.9. The number of Topliss-reactive ketones (excluding diaryl/α,β-unsaturated/α-hetero) is 1. The van der Waals surface area contributed by atoms with Crippen LogP contribution in [-0.4, -0.2) is 15.6 Å². The van der Waals surface area contributed by atoms with E-state index in [0.717, 1.165) is 37.8 Å². The smallest absolute Gasteiger partial charge is 0.135 e. The van der Waals surface area contributed by atoms with Gasteiger partial charge in [0.2, 0.25) is 0 Å². The Morgan fingerprint density at radius 1 is 1.28 bits per heavy atom. The van der Waals surface area contributed by atoms with Gasteiger partial charge in [0, 0.05) is 18.5 Å². The van der Waals surface area contributed by atoms with Crippen molar-refractivity contribution in [3.63, 3.8) is 0 Å². The number of hydrogen-bond acceptors (Lipinski definition) is 2. The number of nitrogens with zero attached hydrogens (tertiary/aromatic N) is 2. The topological polar surface area (TPSA) is 34.9 Å². The highest BCUT2D eigenvalue weighted by molar-refractivity contribution is 5.83. The molecule has 0 saturated heterocycles. The Hall–Kier alpha value is -1.12. The van der Waals surface area contributed by atoms with Gasteiger partial charge in [0.25, 0.3) is 0 Å². The lowest BCUT2D eigenvalue weighted by Gasteiger charge is -2.08. The van der Waals surface area contributed by atoms with E-state index in [2.05, 4.69) is 22.0 Å². The molecule has 2 saturated carbocycles. The zero-order valence-corrected chi connectivity index (χ0v) is 11.0. The molecular formula is C15H22N2O. The highest BCUT2D eigenvalue weighted by Gasteiger charge is 2.28. The van der Waals surface area contributed by atoms with E-state index in [0.29, 0.717) is 17.7 Å². The molecule has 2 aliphatic rings. The number of aryl methyl sites for hydroxylation is 1. The van der Waals surface area contributed by atoms with Gasteiger partial charge < -0.3 is 0 Å². The second kappa shape index (κ2) is 5.25. The van der Waals surface area contributed by atoms with Crippen LogP contribution >= 0.6 is 0 Å². The van der Waals surface area contributed by atoms with Crippen LogP contribution in [0.2, 0.25) is 0 Å². The molecule has 2 fully saturated rings. The predicted molar refractivity (Wildman–Crippen MR) is 70.4 cm³/mol. The largest absolute Gasteiger partial charge is 0.299 e. The van der Waals surface area contributed by atoms with Crippen molar-refractivity contribution in [2.24, 2.45) is 5.92 Å². The van der Waals surface area contributed by atoms with Crippen molar-refractivity contribution in [3.05, 3.63) is 18.0 Å². The molecule has 1 heterocycles. The van der Waals surface area contributed by atoms with Gasteiger partial charge in [-0.2, -0.15) is 5.10 Å². The Labute approximate surface area is 109 Å². The van der Waals surface area contributed by atoms with Crippen molar-refractivity contribution in [2.45, 2.75) is 63.8 Å². The molecule has 2 aliphatic carbocycles. The summed E-state index contributed by atoms with van der Waals surface area (Å²) >= 11 is 0. The molecule has 0 unspecified atom stereocenters. The number of ketones is 1. The molecule has 1 aromatic rings. The van der Waals surface area contributed by atoms with E-state index in [1.165, 1.54) is 25.7 Å². The normalized spacial score (nSPS) is 20.4. The lowest BCUT2D eigenvalue weighted by molar-refractivity contribution is -0.120. The van der Waals surface area contributed by atoms with Gasteiger partial charge in [-0.3, -0.25) is 9.48 Å². The molecule has 18 heavy (non-hydrogen) atoms. The molecule has 0 radical (unpaired) electrons. The molecule has 0 aromatic carbocycles. The summed E-state index contributed by atoms with van der Waals surface area (Å²) in [7, 11) is 0.